The van der Waals surface area contributed by atoms with Crippen molar-refractivity contribution in [3.63, 3.8) is 0 Å². The molecule has 0 amide bonds. The van der Waals surface area contributed by atoms with Gasteiger partial charge >= 0.3 is 0 Å². The molecular weight excluding hydrogens is 136 g/mol. The molecule has 0 aliphatic heterocycles. The fourth-order valence-corrected chi connectivity index (χ4v) is 0.748. The van der Waals surface area contributed by atoms with E-state index in [1.54, 1.807) is 0 Å². The zero-order valence-corrected chi connectivity index (χ0v) is 8.61. The highest BCUT2D eigenvalue weighted by atomic mass is 16.5. The van der Waals surface area contributed by atoms with Gasteiger partial charge in [0.15, 0.2) is 0 Å². The first-order valence-corrected chi connectivity index (χ1v) is 4.59. The molecule has 0 spiro atoms. The molecule has 0 aliphatic carbocycles. The lowest BCUT2D eigenvalue weighted by molar-refractivity contribution is 0.0568. The van der Waals surface area contributed by atoms with Crippen molar-refractivity contribution in [2.75, 3.05) is 6.61 Å². The van der Waals surface area contributed by atoms with Crippen LogP contribution in [-0.4, -0.2) is 12.7 Å². The minimum atomic E-state index is 0.377. The van der Waals surface area contributed by atoms with Crippen molar-refractivity contribution >= 4 is 0 Å². The van der Waals surface area contributed by atoms with Gasteiger partial charge < -0.3 is 4.74 Å². The molecule has 0 atom stereocenters. The Labute approximate surface area is 71.1 Å². The molecule has 1 heteroatoms. The quantitative estimate of drug-likeness (QED) is 0.597. The topological polar surface area (TPSA) is 9.23 Å². The number of ether oxygens (including phenoxy) is 1. The second kappa shape index (κ2) is 4.76. The summed E-state index contributed by atoms with van der Waals surface area (Å²) in [6.07, 6.45) is 2.78. The van der Waals surface area contributed by atoms with E-state index in [9.17, 15) is 0 Å². The Morgan fingerprint density at radius 1 is 1.27 bits per heavy atom. The average molecular weight is 158 g/mol. The van der Waals surface area contributed by atoms with E-state index in [1.807, 2.05) is 0 Å². The van der Waals surface area contributed by atoms with E-state index >= 15 is 0 Å². The van der Waals surface area contributed by atoms with Crippen LogP contribution in [0.5, 0.6) is 0 Å². The third-order valence-corrected chi connectivity index (χ3v) is 2.19. The van der Waals surface area contributed by atoms with Crippen LogP contribution in [0.4, 0.5) is 0 Å². The van der Waals surface area contributed by atoms with Gasteiger partial charge in [-0.05, 0) is 25.7 Å². The molecule has 0 aromatic carbocycles. The second-order valence-electron chi connectivity index (χ2n) is 4.19. The van der Waals surface area contributed by atoms with E-state index in [4.69, 9.17) is 4.74 Å². The zero-order valence-electron chi connectivity index (χ0n) is 8.61. The van der Waals surface area contributed by atoms with Crippen molar-refractivity contribution in [2.45, 2.75) is 53.6 Å². The fourth-order valence-electron chi connectivity index (χ4n) is 0.748. The van der Waals surface area contributed by atoms with E-state index in [0.29, 0.717) is 11.5 Å². The third-order valence-electron chi connectivity index (χ3n) is 2.19. The van der Waals surface area contributed by atoms with Crippen LogP contribution < -0.4 is 0 Å². The molecular formula is C10H22O. The van der Waals surface area contributed by atoms with Crippen LogP contribution in [0.3, 0.4) is 0 Å². The molecule has 0 aromatic heterocycles. The summed E-state index contributed by atoms with van der Waals surface area (Å²) in [5.74, 6) is 0. The molecule has 0 heterocycles. The molecule has 0 aliphatic rings. The second-order valence-corrected chi connectivity index (χ2v) is 4.19. The van der Waals surface area contributed by atoms with Crippen LogP contribution in [-0.2, 0) is 4.74 Å². The van der Waals surface area contributed by atoms with Gasteiger partial charge in [0, 0.05) is 6.61 Å². The van der Waals surface area contributed by atoms with Gasteiger partial charge in [0.1, 0.15) is 0 Å². The maximum Gasteiger partial charge on any atom is 0.0518 e. The summed E-state index contributed by atoms with van der Waals surface area (Å²) < 4.78 is 5.48. The lowest BCUT2D eigenvalue weighted by atomic mass is 9.87. The minimum Gasteiger partial charge on any atom is -0.379 e. The average Bonchev–Trinajstić information content (AvgIpc) is 1.87. The largest absolute Gasteiger partial charge is 0.379 e. The van der Waals surface area contributed by atoms with E-state index in [1.165, 1.54) is 12.8 Å². The van der Waals surface area contributed by atoms with Crippen LogP contribution in [0.2, 0.25) is 0 Å². The lowest BCUT2D eigenvalue weighted by Crippen LogP contribution is -2.15. The molecule has 0 rings (SSSR count). The first-order valence-electron chi connectivity index (χ1n) is 4.59. The Kier molecular flexibility index (Phi) is 4.74. The molecule has 0 unspecified atom stereocenters. The van der Waals surface area contributed by atoms with Crippen LogP contribution in [0.15, 0.2) is 0 Å². The van der Waals surface area contributed by atoms with Crippen LogP contribution in [0, 0.1) is 5.41 Å². The van der Waals surface area contributed by atoms with Gasteiger partial charge in [0.25, 0.3) is 0 Å². The number of rotatable bonds is 5. The van der Waals surface area contributed by atoms with Crippen LogP contribution >= 0.6 is 0 Å². The van der Waals surface area contributed by atoms with Gasteiger partial charge in [-0.2, -0.15) is 0 Å². The standard InChI is InChI=1S/C10H22O/c1-6-10(4,5)7-8-11-9(2)3/h9H,6-8H2,1-5H3. The van der Waals surface area contributed by atoms with Gasteiger partial charge in [0.05, 0.1) is 6.10 Å². The first-order chi connectivity index (χ1) is 4.98. The zero-order chi connectivity index (χ0) is 8.91. The monoisotopic (exact) mass is 158 g/mol. The van der Waals surface area contributed by atoms with Gasteiger partial charge in [0.2, 0.25) is 0 Å². The molecule has 0 aromatic rings. The van der Waals surface area contributed by atoms with Gasteiger partial charge in [-0.15, -0.1) is 0 Å². The summed E-state index contributed by atoms with van der Waals surface area (Å²) in [5.41, 5.74) is 0.453. The predicted octanol–water partition coefficient (Wildman–Crippen LogP) is 3.24. The van der Waals surface area contributed by atoms with Crippen molar-refractivity contribution in [2.24, 2.45) is 5.41 Å². The van der Waals surface area contributed by atoms with Crippen LogP contribution in [0.25, 0.3) is 0 Å². The van der Waals surface area contributed by atoms with Gasteiger partial charge in [-0.1, -0.05) is 27.2 Å². The van der Waals surface area contributed by atoms with Crippen molar-refractivity contribution in [3.05, 3.63) is 0 Å². The minimum absolute atomic E-state index is 0.377. The maximum absolute atomic E-state index is 5.48. The van der Waals surface area contributed by atoms with Crippen molar-refractivity contribution in [3.8, 4) is 0 Å². The lowest BCUT2D eigenvalue weighted by Gasteiger charge is -2.22. The highest BCUT2D eigenvalue weighted by Gasteiger charge is 2.14. The van der Waals surface area contributed by atoms with Crippen molar-refractivity contribution < 1.29 is 4.74 Å². The Balaban J connectivity index is 3.38. The molecule has 11 heavy (non-hydrogen) atoms. The Bertz CT molecular complexity index is 95.0. The highest BCUT2D eigenvalue weighted by Crippen LogP contribution is 2.24. The summed E-state index contributed by atoms with van der Waals surface area (Å²) >= 11 is 0. The smallest absolute Gasteiger partial charge is 0.0518 e. The van der Waals surface area contributed by atoms with E-state index in [0.717, 1.165) is 6.61 Å². The summed E-state index contributed by atoms with van der Waals surface area (Å²) in [6.45, 7) is 11.9. The van der Waals surface area contributed by atoms with Gasteiger partial charge in [-0.25, -0.2) is 0 Å². The molecule has 0 radical (unpaired) electrons. The Hall–Kier alpha value is -0.0400. The number of hydrogen-bond donors (Lipinski definition) is 0. The Morgan fingerprint density at radius 2 is 1.82 bits per heavy atom. The first kappa shape index (κ1) is 11.0. The normalized spacial score (nSPS) is 12.5. The Morgan fingerprint density at radius 3 is 2.18 bits per heavy atom. The molecule has 0 fully saturated rings. The molecule has 0 saturated heterocycles. The SMILES string of the molecule is CCC(C)(C)CCOC(C)C. The van der Waals surface area contributed by atoms with Crippen molar-refractivity contribution in [1.82, 2.24) is 0 Å². The summed E-state index contributed by atoms with van der Waals surface area (Å²) in [5, 5.41) is 0. The summed E-state index contributed by atoms with van der Waals surface area (Å²) in [7, 11) is 0. The van der Waals surface area contributed by atoms with Crippen LogP contribution in [0.1, 0.15) is 47.5 Å². The van der Waals surface area contributed by atoms with E-state index < -0.39 is 0 Å². The maximum atomic E-state index is 5.48. The molecule has 0 saturated carbocycles. The predicted molar refractivity (Wildman–Crippen MR) is 49.8 cm³/mol. The fraction of sp³-hybridized carbons (Fsp3) is 1.00. The summed E-state index contributed by atoms with van der Waals surface area (Å²) in [6, 6.07) is 0. The molecule has 68 valence electrons. The number of hydrogen-bond acceptors (Lipinski definition) is 1. The summed E-state index contributed by atoms with van der Waals surface area (Å²) in [4.78, 5) is 0. The van der Waals surface area contributed by atoms with Gasteiger partial charge in [-0.3, -0.25) is 0 Å². The van der Waals surface area contributed by atoms with Crippen molar-refractivity contribution in [1.29, 1.82) is 0 Å². The molecule has 1 nitrogen and oxygen atoms in total. The molecule has 0 N–H and O–H groups in total. The third kappa shape index (κ3) is 6.36. The van der Waals surface area contributed by atoms with E-state index in [2.05, 4.69) is 34.6 Å². The van der Waals surface area contributed by atoms with E-state index in [-0.39, 0.29) is 0 Å². The highest BCUT2D eigenvalue weighted by molar-refractivity contribution is 4.65. The molecule has 0 bridgehead atoms.